The number of nitrogens with two attached hydrogens (primary N) is 1. The van der Waals surface area contributed by atoms with E-state index < -0.39 is 6.03 Å². The van der Waals surface area contributed by atoms with Gasteiger partial charge in [0, 0.05) is 36.2 Å². The lowest BCUT2D eigenvalue weighted by Gasteiger charge is -2.07. The highest BCUT2D eigenvalue weighted by Crippen LogP contribution is 2.15. The number of anilines is 2. The summed E-state index contributed by atoms with van der Waals surface area (Å²) in [7, 11) is 0. The molecule has 1 heterocycles. The van der Waals surface area contributed by atoms with Crippen LogP contribution < -0.4 is 16.4 Å². The number of primary amides is 1. The molecular weight excluding hydrogens is 254 g/mol. The van der Waals surface area contributed by atoms with Crippen LogP contribution in [0.15, 0.2) is 36.7 Å². The Labute approximate surface area is 118 Å². The van der Waals surface area contributed by atoms with Crippen LogP contribution >= 0.6 is 0 Å². The fourth-order valence-corrected chi connectivity index (χ4v) is 1.90. The molecule has 20 heavy (non-hydrogen) atoms. The maximum Gasteiger partial charge on any atom is 0.316 e. The van der Waals surface area contributed by atoms with E-state index in [1.54, 1.807) is 6.07 Å². The van der Waals surface area contributed by atoms with Crippen molar-refractivity contribution in [3.05, 3.63) is 42.2 Å². The van der Waals surface area contributed by atoms with Crippen molar-refractivity contribution in [2.75, 3.05) is 10.6 Å². The molecule has 0 aliphatic rings. The van der Waals surface area contributed by atoms with Gasteiger partial charge in [-0.25, -0.2) is 4.79 Å². The maximum absolute atomic E-state index is 10.8. The van der Waals surface area contributed by atoms with Gasteiger partial charge in [0.15, 0.2) is 0 Å². The summed E-state index contributed by atoms with van der Waals surface area (Å²) in [6.07, 6.45) is 4.95. The van der Waals surface area contributed by atoms with Crippen molar-refractivity contribution in [3.8, 4) is 0 Å². The van der Waals surface area contributed by atoms with E-state index in [-0.39, 0.29) is 0 Å². The molecule has 6 nitrogen and oxygen atoms in total. The summed E-state index contributed by atoms with van der Waals surface area (Å²) in [5.74, 6) is 0. The first-order chi connectivity index (χ1) is 9.67. The first-order valence-electron chi connectivity index (χ1n) is 6.59. The number of carbonyl (C=O) groups is 1. The van der Waals surface area contributed by atoms with Crippen LogP contribution in [-0.2, 0) is 13.1 Å². The van der Waals surface area contributed by atoms with E-state index in [2.05, 4.69) is 22.7 Å². The molecular formula is C14H19N5O. The zero-order chi connectivity index (χ0) is 14.4. The number of hydrogen-bond acceptors (Lipinski definition) is 3. The Morgan fingerprint density at radius 2 is 2.20 bits per heavy atom. The largest absolute Gasteiger partial charge is 0.381 e. The number of urea groups is 1. The highest BCUT2D eigenvalue weighted by atomic mass is 16.2. The Bertz CT molecular complexity index is 578. The van der Waals surface area contributed by atoms with Crippen molar-refractivity contribution in [3.63, 3.8) is 0 Å². The number of amides is 2. The van der Waals surface area contributed by atoms with Gasteiger partial charge in [0.1, 0.15) is 0 Å². The Balaban J connectivity index is 1.94. The predicted octanol–water partition coefficient (Wildman–Crippen LogP) is 2.40. The second kappa shape index (κ2) is 6.60. The molecule has 1 aromatic carbocycles. The summed E-state index contributed by atoms with van der Waals surface area (Å²) in [4.78, 5) is 10.8. The summed E-state index contributed by atoms with van der Waals surface area (Å²) in [6, 6.07) is 6.84. The molecule has 0 bridgehead atoms. The summed E-state index contributed by atoms with van der Waals surface area (Å²) in [6.45, 7) is 3.73. The van der Waals surface area contributed by atoms with Crippen LogP contribution in [-0.4, -0.2) is 15.8 Å². The first-order valence-corrected chi connectivity index (χ1v) is 6.59. The zero-order valence-corrected chi connectivity index (χ0v) is 11.5. The lowest BCUT2D eigenvalue weighted by atomic mass is 10.2. The van der Waals surface area contributed by atoms with Gasteiger partial charge in [-0.2, -0.15) is 5.10 Å². The average Bonchev–Trinajstić information content (AvgIpc) is 2.84. The zero-order valence-electron chi connectivity index (χ0n) is 11.5. The van der Waals surface area contributed by atoms with Crippen molar-refractivity contribution in [2.24, 2.45) is 5.73 Å². The molecule has 0 radical (unpaired) electrons. The number of rotatable bonds is 6. The van der Waals surface area contributed by atoms with Gasteiger partial charge in [-0.05, 0) is 24.6 Å². The molecule has 1 aromatic heterocycles. The van der Waals surface area contributed by atoms with Crippen LogP contribution in [0.1, 0.15) is 18.9 Å². The molecule has 0 aliphatic carbocycles. The highest BCUT2D eigenvalue weighted by molar-refractivity contribution is 5.88. The van der Waals surface area contributed by atoms with Crippen molar-refractivity contribution < 1.29 is 4.79 Å². The van der Waals surface area contributed by atoms with Crippen LogP contribution in [0.3, 0.4) is 0 Å². The molecule has 0 aliphatic heterocycles. The van der Waals surface area contributed by atoms with E-state index >= 15 is 0 Å². The minimum atomic E-state index is -0.567. The van der Waals surface area contributed by atoms with Gasteiger partial charge in [-0.15, -0.1) is 0 Å². The molecule has 0 atom stereocenters. The third kappa shape index (κ3) is 4.01. The summed E-state index contributed by atoms with van der Waals surface area (Å²) >= 11 is 0. The minimum absolute atomic E-state index is 0.567. The van der Waals surface area contributed by atoms with Crippen molar-refractivity contribution in [1.82, 2.24) is 9.78 Å². The number of nitrogens with one attached hydrogen (secondary N) is 2. The van der Waals surface area contributed by atoms with E-state index in [1.165, 1.54) is 0 Å². The smallest absolute Gasteiger partial charge is 0.316 e. The van der Waals surface area contributed by atoms with Crippen LogP contribution in [0.2, 0.25) is 0 Å². The van der Waals surface area contributed by atoms with Gasteiger partial charge in [-0.1, -0.05) is 13.0 Å². The SMILES string of the molecule is CCCn1cc(CNc2cccc(NC(N)=O)c2)cn1. The normalized spacial score (nSPS) is 10.2. The number of hydrogen-bond donors (Lipinski definition) is 3. The first kappa shape index (κ1) is 13.9. The lowest BCUT2D eigenvalue weighted by molar-refractivity contribution is 0.259. The third-order valence-electron chi connectivity index (χ3n) is 2.77. The Morgan fingerprint density at radius 1 is 1.40 bits per heavy atom. The molecule has 0 unspecified atom stereocenters. The van der Waals surface area contributed by atoms with Crippen molar-refractivity contribution in [1.29, 1.82) is 0 Å². The average molecular weight is 273 g/mol. The van der Waals surface area contributed by atoms with Gasteiger partial charge in [-0.3, -0.25) is 4.68 Å². The van der Waals surface area contributed by atoms with Crippen LogP contribution in [0.5, 0.6) is 0 Å². The van der Waals surface area contributed by atoms with Gasteiger partial charge < -0.3 is 16.4 Å². The maximum atomic E-state index is 10.8. The Hall–Kier alpha value is -2.50. The molecule has 4 N–H and O–H groups in total. The monoisotopic (exact) mass is 273 g/mol. The van der Waals surface area contributed by atoms with Gasteiger partial charge in [0.25, 0.3) is 0 Å². The van der Waals surface area contributed by atoms with Gasteiger partial charge in [0.2, 0.25) is 0 Å². The van der Waals surface area contributed by atoms with Crippen LogP contribution in [0.4, 0.5) is 16.2 Å². The number of nitrogens with zero attached hydrogens (tertiary/aromatic N) is 2. The standard InChI is InChI=1S/C14H19N5O/c1-2-6-19-10-11(9-17-19)8-16-12-4-3-5-13(7-12)18-14(15)20/h3-5,7,9-10,16H,2,6,8H2,1H3,(H3,15,18,20). The molecule has 6 heteroatoms. The minimum Gasteiger partial charge on any atom is -0.381 e. The summed E-state index contributed by atoms with van der Waals surface area (Å²) < 4.78 is 1.93. The predicted molar refractivity (Wildman–Crippen MR) is 79.5 cm³/mol. The number of benzene rings is 1. The second-order valence-electron chi connectivity index (χ2n) is 4.54. The quantitative estimate of drug-likeness (QED) is 0.755. The molecule has 2 aromatic rings. The van der Waals surface area contributed by atoms with Gasteiger partial charge in [0.05, 0.1) is 6.20 Å². The highest BCUT2D eigenvalue weighted by Gasteiger charge is 2.00. The van der Waals surface area contributed by atoms with Crippen LogP contribution in [0, 0.1) is 0 Å². The van der Waals surface area contributed by atoms with Crippen molar-refractivity contribution in [2.45, 2.75) is 26.4 Å². The van der Waals surface area contributed by atoms with E-state index in [9.17, 15) is 4.79 Å². The molecule has 2 rings (SSSR count). The Kier molecular flexibility index (Phi) is 4.60. The number of aromatic nitrogens is 2. The summed E-state index contributed by atoms with van der Waals surface area (Å²) in [5, 5.41) is 10.1. The second-order valence-corrected chi connectivity index (χ2v) is 4.54. The van der Waals surface area contributed by atoms with E-state index in [0.29, 0.717) is 12.2 Å². The number of aryl methyl sites for hydroxylation is 1. The lowest BCUT2D eigenvalue weighted by Crippen LogP contribution is -2.19. The number of carbonyl (C=O) groups excluding carboxylic acids is 1. The topological polar surface area (TPSA) is 85.0 Å². The molecule has 0 saturated heterocycles. The van der Waals surface area contributed by atoms with Gasteiger partial charge >= 0.3 is 6.03 Å². The van der Waals surface area contributed by atoms with Crippen LogP contribution in [0.25, 0.3) is 0 Å². The molecule has 0 spiro atoms. The van der Waals surface area contributed by atoms with E-state index in [1.807, 2.05) is 35.3 Å². The van der Waals surface area contributed by atoms with E-state index in [4.69, 9.17) is 5.73 Å². The molecule has 0 fully saturated rings. The van der Waals surface area contributed by atoms with Crippen molar-refractivity contribution >= 4 is 17.4 Å². The van der Waals surface area contributed by atoms with E-state index in [0.717, 1.165) is 24.2 Å². The summed E-state index contributed by atoms with van der Waals surface area (Å²) in [5.41, 5.74) is 7.79. The molecule has 0 saturated carbocycles. The third-order valence-corrected chi connectivity index (χ3v) is 2.77. The molecule has 106 valence electrons. The fraction of sp³-hybridized carbons (Fsp3) is 0.286. The Morgan fingerprint density at radius 3 is 2.95 bits per heavy atom. The molecule has 2 amide bonds. The fourth-order valence-electron chi connectivity index (χ4n) is 1.90.